The van der Waals surface area contributed by atoms with Gasteiger partial charge in [-0.1, -0.05) is 22.9 Å². The normalized spacial score (nSPS) is 10.6. The molecule has 4 nitrogen and oxygen atoms in total. The zero-order chi connectivity index (χ0) is 14.4. The molecule has 0 aliphatic carbocycles. The van der Waals surface area contributed by atoms with Gasteiger partial charge in [0.25, 0.3) is 0 Å². The van der Waals surface area contributed by atoms with Crippen LogP contribution in [0.3, 0.4) is 0 Å². The molecule has 2 aromatic rings. The van der Waals surface area contributed by atoms with E-state index in [0.29, 0.717) is 11.0 Å². The third-order valence-corrected chi connectivity index (χ3v) is 3.00. The van der Waals surface area contributed by atoms with Crippen molar-refractivity contribution < 1.29 is 9.13 Å². The number of rotatable bonds is 6. The molecule has 0 aliphatic rings. The van der Waals surface area contributed by atoms with Crippen molar-refractivity contribution in [2.75, 3.05) is 6.54 Å². The molecule has 2 rings (SSSR count). The van der Waals surface area contributed by atoms with Gasteiger partial charge in [-0.3, -0.25) is 4.98 Å². The predicted octanol–water partition coefficient (Wildman–Crippen LogP) is 3.67. The van der Waals surface area contributed by atoms with Gasteiger partial charge in [-0.05, 0) is 31.2 Å². The Balaban J connectivity index is 2.07. The Kier molecular flexibility index (Phi) is 5.43. The molecular weight excluding hydrogens is 325 g/mol. The third kappa shape index (κ3) is 4.25. The maximum atomic E-state index is 13.7. The molecule has 0 spiro atoms. The van der Waals surface area contributed by atoms with E-state index < -0.39 is 5.82 Å². The van der Waals surface area contributed by atoms with Crippen molar-refractivity contribution in [3.8, 4) is 11.6 Å². The largest absolute Gasteiger partial charge is 0.434 e. The number of ether oxygens (including phenoxy) is 1. The highest BCUT2D eigenvalue weighted by molar-refractivity contribution is 9.10. The van der Waals surface area contributed by atoms with Gasteiger partial charge >= 0.3 is 0 Å². The standard InChI is InChI=1S/C14H15BrFN3O/c1-2-5-17-7-11-8-18-9-14(19-11)20-13-4-3-10(15)6-12(13)16/h3-4,6,8-9,17H,2,5,7H2,1H3. The average Bonchev–Trinajstić information content (AvgIpc) is 2.43. The van der Waals surface area contributed by atoms with Crippen LogP contribution in [0.4, 0.5) is 4.39 Å². The Hall–Kier alpha value is -1.53. The number of hydrogen-bond acceptors (Lipinski definition) is 4. The van der Waals surface area contributed by atoms with E-state index in [4.69, 9.17) is 4.74 Å². The lowest BCUT2D eigenvalue weighted by Crippen LogP contribution is -2.15. The molecule has 0 amide bonds. The van der Waals surface area contributed by atoms with Crippen LogP contribution in [0.5, 0.6) is 11.6 Å². The minimum atomic E-state index is -0.448. The number of benzene rings is 1. The molecule has 1 aromatic carbocycles. The molecular formula is C14H15BrFN3O. The van der Waals surface area contributed by atoms with Crippen LogP contribution in [0.25, 0.3) is 0 Å². The van der Waals surface area contributed by atoms with Gasteiger partial charge in [-0.25, -0.2) is 9.37 Å². The molecule has 1 aromatic heterocycles. The highest BCUT2D eigenvalue weighted by Crippen LogP contribution is 2.25. The van der Waals surface area contributed by atoms with Crippen LogP contribution in [0.15, 0.2) is 35.1 Å². The molecule has 0 aliphatic heterocycles. The summed E-state index contributed by atoms with van der Waals surface area (Å²) in [7, 11) is 0. The van der Waals surface area contributed by atoms with E-state index in [0.717, 1.165) is 18.7 Å². The molecule has 0 atom stereocenters. The van der Waals surface area contributed by atoms with Crippen molar-refractivity contribution in [1.82, 2.24) is 15.3 Å². The maximum Gasteiger partial charge on any atom is 0.238 e. The van der Waals surface area contributed by atoms with Gasteiger partial charge in [-0.15, -0.1) is 0 Å². The van der Waals surface area contributed by atoms with Crippen LogP contribution in [-0.2, 0) is 6.54 Å². The van der Waals surface area contributed by atoms with Crippen LogP contribution < -0.4 is 10.1 Å². The fraction of sp³-hybridized carbons (Fsp3) is 0.286. The van der Waals surface area contributed by atoms with Gasteiger partial charge in [0.2, 0.25) is 5.88 Å². The summed E-state index contributed by atoms with van der Waals surface area (Å²) in [6, 6.07) is 4.59. The van der Waals surface area contributed by atoms with Gasteiger partial charge in [0.1, 0.15) is 0 Å². The Bertz CT molecular complexity index is 580. The Morgan fingerprint density at radius 3 is 2.95 bits per heavy atom. The van der Waals surface area contributed by atoms with E-state index in [-0.39, 0.29) is 11.6 Å². The van der Waals surface area contributed by atoms with Gasteiger partial charge in [0, 0.05) is 17.2 Å². The van der Waals surface area contributed by atoms with E-state index in [1.54, 1.807) is 18.3 Å². The van der Waals surface area contributed by atoms with E-state index in [1.165, 1.54) is 12.3 Å². The Labute approximate surface area is 125 Å². The first-order valence-corrected chi connectivity index (χ1v) is 7.13. The van der Waals surface area contributed by atoms with E-state index in [9.17, 15) is 4.39 Å². The van der Waals surface area contributed by atoms with Crippen LogP contribution >= 0.6 is 15.9 Å². The molecule has 0 saturated heterocycles. The summed E-state index contributed by atoms with van der Waals surface area (Å²) < 4.78 is 19.7. The lowest BCUT2D eigenvalue weighted by molar-refractivity contribution is 0.422. The lowest BCUT2D eigenvalue weighted by atomic mass is 10.3. The first-order chi connectivity index (χ1) is 9.69. The number of nitrogens with zero attached hydrogens (tertiary/aromatic N) is 2. The minimum Gasteiger partial charge on any atom is -0.434 e. The highest BCUT2D eigenvalue weighted by Gasteiger charge is 2.07. The molecule has 20 heavy (non-hydrogen) atoms. The maximum absolute atomic E-state index is 13.7. The van der Waals surface area contributed by atoms with Crippen LogP contribution in [-0.4, -0.2) is 16.5 Å². The molecule has 0 saturated carbocycles. The summed E-state index contributed by atoms with van der Waals surface area (Å²) in [5.41, 5.74) is 0.758. The quantitative estimate of drug-likeness (QED) is 0.815. The van der Waals surface area contributed by atoms with Crippen LogP contribution in [0, 0.1) is 5.82 Å². The molecule has 6 heteroatoms. The zero-order valence-corrected chi connectivity index (χ0v) is 12.7. The molecule has 0 bridgehead atoms. The van der Waals surface area contributed by atoms with Crippen LogP contribution in [0.1, 0.15) is 19.0 Å². The van der Waals surface area contributed by atoms with Crippen molar-refractivity contribution in [3.05, 3.63) is 46.6 Å². The summed E-state index contributed by atoms with van der Waals surface area (Å²) in [6.45, 7) is 3.61. The topological polar surface area (TPSA) is 47.0 Å². The molecule has 0 radical (unpaired) electrons. The Morgan fingerprint density at radius 2 is 2.20 bits per heavy atom. The molecule has 106 valence electrons. The zero-order valence-electron chi connectivity index (χ0n) is 11.1. The van der Waals surface area contributed by atoms with Crippen LogP contribution in [0.2, 0.25) is 0 Å². The molecule has 1 heterocycles. The van der Waals surface area contributed by atoms with Gasteiger partial charge < -0.3 is 10.1 Å². The van der Waals surface area contributed by atoms with Crippen molar-refractivity contribution in [1.29, 1.82) is 0 Å². The second-order valence-electron chi connectivity index (χ2n) is 4.20. The van der Waals surface area contributed by atoms with Gasteiger partial charge in [0.15, 0.2) is 11.6 Å². The predicted molar refractivity (Wildman–Crippen MR) is 78.2 cm³/mol. The number of hydrogen-bond donors (Lipinski definition) is 1. The first kappa shape index (κ1) is 14.9. The number of aromatic nitrogens is 2. The second-order valence-corrected chi connectivity index (χ2v) is 5.12. The molecule has 1 N–H and O–H groups in total. The fourth-order valence-corrected chi connectivity index (χ4v) is 1.92. The van der Waals surface area contributed by atoms with Gasteiger partial charge in [0.05, 0.1) is 11.9 Å². The smallest absolute Gasteiger partial charge is 0.238 e. The monoisotopic (exact) mass is 339 g/mol. The summed E-state index contributed by atoms with van der Waals surface area (Å²) in [5.74, 6) is -0.0427. The third-order valence-electron chi connectivity index (χ3n) is 2.50. The van der Waals surface area contributed by atoms with E-state index in [1.807, 2.05) is 0 Å². The van der Waals surface area contributed by atoms with Crippen molar-refractivity contribution in [2.24, 2.45) is 0 Å². The average molecular weight is 340 g/mol. The SMILES string of the molecule is CCCNCc1cncc(Oc2ccc(Br)cc2F)n1. The molecule has 0 fully saturated rings. The summed E-state index contributed by atoms with van der Waals surface area (Å²) in [5, 5.41) is 3.22. The summed E-state index contributed by atoms with van der Waals surface area (Å²) in [4.78, 5) is 8.33. The number of nitrogens with one attached hydrogen (secondary N) is 1. The highest BCUT2D eigenvalue weighted by atomic mass is 79.9. The second kappa shape index (κ2) is 7.31. The number of halogens is 2. The summed E-state index contributed by atoms with van der Waals surface area (Å²) >= 11 is 3.20. The Morgan fingerprint density at radius 1 is 1.35 bits per heavy atom. The minimum absolute atomic E-state index is 0.126. The fourth-order valence-electron chi connectivity index (χ4n) is 1.58. The van der Waals surface area contributed by atoms with Crippen molar-refractivity contribution in [2.45, 2.75) is 19.9 Å². The first-order valence-electron chi connectivity index (χ1n) is 6.33. The summed E-state index contributed by atoms with van der Waals surface area (Å²) in [6.07, 6.45) is 4.17. The van der Waals surface area contributed by atoms with Gasteiger partial charge in [-0.2, -0.15) is 0 Å². The van der Waals surface area contributed by atoms with E-state index >= 15 is 0 Å². The van der Waals surface area contributed by atoms with Crippen molar-refractivity contribution in [3.63, 3.8) is 0 Å². The van der Waals surface area contributed by atoms with E-state index in [2.05, 4.69) is 38.1 Å². The lowest BCUT2D eigenvalue weighted by Gasteiger charge is -2.07. The molecule has 0 unspecified atom stereocenters. The van der Waals surface area contributed by atoms with Crippen molar-refractivity contribution >= 4 is 15.9 Å².